The highest BCUT2D eigenvalue weighted by Crippen LogP contribution is 2.26. The van der Waals surface area contributed by atoms with E-state index in [9.17, 15) is 4.79 Å². The summed E-state index contributed by atoms with van der Waals surface area (Å²) in [7, 11) is 0. The predicted octanol–water partition coefficient (Wildman–Crippen LogP) is 3.09. The van der Waals surface area contributed by atoms with Crippen LogP contribution in [0.4, 0.5) is 5.69 Å². The van der Waals surface area contributed by atoms with Crippen LogP contribution in [-0.2, 0) is 4.79 Å². The summed E-state index contributed by atoms with van der Waals surface area (Å²) in [6.45, 7) is 7.27. The van der Waals surface area contributed by atoms with Gasteiger partial charge in [-0.2, -0.15) is 0 Å². The minimum absolute atomic E-state index is 0.0577. The Labute approximate surface area is 144 Å². The molecule has 0 saturated carbocycles. The van der Waals surface area contributed by atoms with E-state index in [0.717, 1.165) is 53.8 Å². The Kier molecular flexibility index (Phi) is 4.80. The lowest BCUT2D eigenvalue weighted by molar-refractivity contribution is -0.134. The van der Waals surface area contributed by atoms with Gasteiger partial charge in [-0.05, 0) is 34.5 Å². The number of hydrogen-bond donors (Lipinski definition) is 0. The zero-order valence-electron chi connectivity index (χ0n) is 13.5. The van der Waals surface area contributed by atoms with Crippen LogP contribution in [0.15, 0.2) is 29.0 Å². The van der Waals surface area contributed by atoms with Gasteiger partial charge in [0.1, 0.15) is 5.52 Å². The number of fused-ring (bicyclic) bond motifs is 1. The van der Waals surface area contributed by atoms with E-state index in [0.29, 0.717) is 0 Å². The molecule has 23 heavy (non-hydrogen) atoms. The SMILES string of the molecule is CC(C)C(=O)N1CCCN(c2ccnc3cc(Br)cnc23)CC1. The molecule has 0 aromatic carbocycles. The smallest absolute Gasteiger partial charge is 0.225 e. The summed E-state index contributed by atoms with van der Waals surface area (Å²) in [5.41, 5.74) is 2.90. The third-order valence-corrected chi connectivity index (χ3v) is 4.60. The molecule has 0 aliphatic carbocycles. The molecule has 0 atom stereocenters. The topological polar surface area (TPSA) is 49.3 Å². The number of aromatic nitrogens is 2. The first-order valence-electron chi connectivity index (χ1n) is 8.00. The van der Waals surface area contributed by atoms with E-state index in [1.54, 1.807) is 6.20 Å². The van der Waals surface area contributed by atoms with Gasteiger partial charge in [-0.15, -0.1) is 0 Å². The molecule has 2 aromatic heterocycles. The first-order valence-corrected chi connectivity index (χ1v) is 8.79. The highest BCUT2D eigenvalue weighted by molar-refractivity contribution is 9.10. The normalized spacial score (nSPS) is 16.0. The van der Waals surface area contributed by atoms with Crippen LogP contribution in [0.5, 0.6) is 0 Å². The molecule has 0 radical (unpaired) electrons. The number of nitrogens with zero attached hydrogens (tertiary/aromatic N) is 4. The second-order valence-electron chi connectivity index (χ2n) is 6.17. The Balaban J connectivity index is 1.84. The van der Waals surface area contributed by atoms with E-state index in [2.05, 4.69) is 30.8 Å². The summed E-state index contributed by atoms with van der Waals surface area (Å²) in [4.78, 5) is 25.5. The maximum atomic E-state index is 12.2. The van der Waals surface area contributed by atoms with Crippen molar-refractivity contribution in [2.24, 2.45) is 5.92 Å². The number of hydrogen-bond acceptors (Lipinski definition) is 4. The number of anilines is 1. The van der Waals surface area contributed by atoms with Gasteiger partial charge in [0.15, 0.2) is 0 Å². The predicted molar refractivity (Wildman–Crippen MR) is 95.5 cm³/mol. The Morgan fingerprint density at radius 1 is 1.22 bits per heavy atom. The minimum Gasteiger partial charge on any atom is -0.368 e. The van der Waals surface area contributed by atoms with E-state index < -0.39 is 0 Å². The highest BCUT2D eigenvalue weighted by atomic mass is 79.9. The summed E-state index contributed by atoms with van der Waals surface area (Å²) in [6, 6.07) is 4.00. The minimum atomic E-state index is 0.0577. The van der Waals surface area contributed by atoms with Gasteiger partial charge in [0.05, 0.1) is 11.2 Å². The molecule has 1 aliphatic heterocycles. The van der Waals surface area contributed by atoms with Gasteiger partial charge < -0.3 is 9.80 Å². The molecule has 6 heteroatoms. The molecule has 1 aliphatic rings. The standard InChI is InChI=1S/C17H21BrN4O/c1-12(2)17(23)22-7-3-6-21(8-9-22)15-4-5-19-14-10-13(18)11-20-16(14)15/h4-5,10-12H,3,6-9H2,1-2H3. The molecule has 0 bridgehead atoms. The van der Waals surface area contributed by atoms with Gasteiger partial charge in [-0.25, -0.2) is 0 Å². The number of halogens is 1. The second kappa shape index (κ2) is 6.83. The monoisotopic (exact) mass is 376 g/mol. The molecule has 1 saturated heterocycles. The molecular weight excluding hydrogens is 356 g/mol. The fourth-order valence-corrected chi connectivity index (χ4v) is 3.31. The van der Waals surface area contributed by atoms with Crippen molar-refractivity contribution in [3.8, 4) is 0 Å². The third kappa shape index (κ3) is 3.47. The molecule has 3 heterocycles. The van der Waals surface area contributed by atoms with Crippen molar-refractivity contribution in [3.05, 3.63) is 29.0 Å². The van der Waals surface area contributed by atoms with E-state index >= 15 is 0 Å². The average molecular weight is 377 g/mol. The molecule has 3 rings (SSSR count). The van der Waals surface area contributed by atoms with E-state index in [1.807, 2.05) is 37.1 Å². The Morgan fingerprint density at radius 2 is 2.04 bits per heavy atom. The molecule has 0 unspecified atom stereocenters. The average Bonchev–Trinajstić information content (AvgIpc) is 2.79. The molecule has 0 spiro atoms. The zero-order chi connectivity index (χ0) is 16.4. The number of pyridine rings is 2. The van der Waals surface area contributed by atoms with Crippen LogP contribution in [0.25, 0.3) is 11.0 Å². The third-order valence-electron chi connectivity index (χ3n) is 4.17. The van der Waals surface area contributed by atoms with Crippen molar-refractivity contribution in [2.45, 2.75) is 20.3 Å². The fourth-order valence-electron chi connectivity index (χ4n) is 2.99. The number of carbonyl (C=O) groups excluding carboxylic acids is 1. The van der Waals surface area contributed by atoms with Crippen molar-refractivity contribution in [1.29, 1.82) is 0 Å². The quantitative estimate of drug-likeness (QED) is 0.807. The molecule has 1 fully saturated rings. The van der Waals surface area contributed by atoms with Crippen LogP contribution in [-0.4, -0.2) is 47.0 Å². The number of rotatable bonds is 2. The number of carbonyl (C=O) groups is 1. The summed E-state index contributed by atoms with van der Waals surface area (Å²) in [6.07, 6.45) is 4.60. The molecular formula is C17H21BrN4O. The van der Waals surface area contributed by atoms with Crippen LogP contribution in [0.2, 0.25) is 0 Å². The van der Waals surface area contributed by atoms with Gasteiger partial charge in [-0.1, -0.05) is 13.8 Å². The number of amides is 1. The zero-order valence-corrected chi connectivity index (χ0v) is 15.1. The van der Waals surface area contributed by atoms with E-state index in [1.165, 1.54) is 0 Å². The van der Waals surface area contributed by atoms with Gasteiger partial charge >= 0.3 is 0 Å². The van der Waals surface area contributed by atoms with E-state index in [-0.39, 0.29) is 11.8 Å². The Morgan fingerprint density at radius 3 is 2.83 bits per heavy atom. The van der Waals surface area contributed by atoms with Gasteiger partial charge in [0, 0.05) is 49.0 Å². The van der Waals surface area contributed by atoms with Crippen LogP contribution >= 0.6 is 15.9 Å². The maximum absolute atomic E-state index is 12.2. The van der Waals surface area contributed by atoms with Crippen LogP contribution in [0.1, 0.15) is 20.3 Å². The highest BCUT2D eigenvalue weighted by Gasteiger charge is 2.22. The maximum Gasteiger partial charge on any atom is 0.225 e. The van der Waals surface area contributed by atoms with Gasteiger partial charge in [0.2, 0.25) is 5.91 Å². The van der Waals surface area contributed by atoms with Crippen molar-refractivity contribution >= 4 is 38.6 Å². The van der Waals surface area contributed by atoms with Crippen molar-refractivity contribution < 1.29 is 4.79 Å². The fraction of sp³-hybridized carbons (Fsp3) is 0.471. The van der Waals surface area contributed by atoms with Crippen LogP contribution in [0, 0.1) is 5.92 Å². The summed E-state index contributed by atoms with van der Waals surface area (Å²) in [5, 5.41) is 0. The summed E-state index contributed by atoms with van der Waals surface area (Å²) >= 11 is 3.44. The molecule has 122 valence electrons. The lowest BCUT2D eigenvalue weighted by Gasteiger charge is -2.25. The van der Waals surface area contributed by atoms with E-state index in [4.69, 9.17) is 0 Å². The van der Waals surface area contributed by atoms with Crippen LogP contribution < -0.4 is 4.90 Å². The second-order valence-corrected chi connectivity index (χ2v) is 7.09. The van der Waals surface area contributed by atoms with Crippen molar-refractivity contribution in [2.75, 3.05) is 31.1 Å². The van der Waals surface area contributed by atoms with Crippen molar-refractivity contribution in [3.63, 3.8) is 0 Å². The van der Waals surface area contributed by atoms with Crippen molar-refractivity contribution in [1.82, 2.24) is 14.9 Å². The Hall–Kier alpha value is -1.69. The van der Waals surface area contributed by atoms with Gasteiger partial charge in [0.25, 0.3) is 0 Å². The largest absolute Gasteiger partial charge is 0.368 e. The summed E-state index contributed by atoms with van der Waals surface area (Å²) in [5.74, 6) is 0.302. The lowest BCUT2D eigenvalue weighted by Crippen LogP contribution is -2.37. The molecule has 5 nitrogen and oxygen atoms in total. The Bertz CT molecular complexity index is 719. The first-order chi connectivity index (χ1) is 11.1. The summed E-state index contributed by atoms with van der Waals surface area (Å²) < 4.78 is 0.930. The molecule has 1 amide bonds. The molecule has 2 aromatic rings. The van der Waals surface area contributed by atoms with Gasteiger partial charge in [-0.3, -0.25) is 14.8 Å². The first kappa shape index (κ1) is 16.2. The molecule has 0 N–H and O–H groups in total. The lowest BCUT2D eigenvalue weighted by atomic mass is 10.2. The van der Waals surface area contributed by atoms with Crippen LogP contribution in [0.3, 0.4) is 0 Å².